The highest BCUT2D eigenvalue weighted by Gasteiger charge is 2.15. The molecular weight excluding hydrogens is 268 g/mol. The first-order chi connectivity index (χ1) is 10.1. The second-order valence-corrected chi connectivity index (χ2v) is 5.61. The third-order valence-electron chi connectivity index (χ3n) is 3.52. The highest BCUT2D eigenvalue weighted by molar-refractivity contribution is 5.26. The van der Waals surface area contributed by atoms with Crippen LogP contribution < -0.4 is 5.32 Å². The molecule has 0 heterocycles. The van der Waals surface area contributed by atoms with E-state index in [4.69, 9.17) is 0 Å². The lowest BCUT2D eigenvalue weighted by Crippen LogP contribution is -2.29. The van der Waals surface area contributed by atoms with Gasteiger partial charge in [0, 0.05) is 24.6 Å². The van der Waals surface area contributed by atoms with Crippen molar-refractivity contribution in [1.82, 2.24) is 5.32 Å². The minimum atomic E-state index is -0.534. The molecule has 0 radical (unpaired) electrons. The van der Waals surface area contributed by atoms with Gasteiger partial charge in [-0.05, 0) is 23.6 Å². The molecule has 112 valence electrons. The van der Waals surface area contributed by atoms with E-state index in [1.165, 1.54) is 12.1 Å². The van der Waals surface area contributed by atoms with Crippen molar-refractivity contribution in [3.8, 4) is 0 Å². The van der Waals surface area contributed by atoms with Gasteiger partial charge >= 0.3 is 0 Å². The average Bonchev–Trinajstić information content (AvgIpc) is 2.46. The van der Waals surface area contributed by atoms with Crippen molar-refractivity contribution >= 4 is 0 Å². The SMILES string of the molecule is CC(C)NCC(Cc1ccc(F)cc1F)c1ccccc1. The fraction of sp³-hybridized carbons (Fsp3) is 0.333. The molecule has 1 unspecified atom stereocenters. The first kappa shape index (κ1) is 15.6. The van der Waals surface area contributed by atoms with Crippen LogP contribution in [0.2, 0.25) is 0 Å². The highest BCUT2D eigenvalue weighted by Crippen LogP contribution is 2.22. The molecule has 0 aromatic heterocycles. The molecule has 0 saturated carbocycles. The molecule has 21 heavy (non-hydrogen) atoms. The Bertz CT molecular complexity index is 567. The Hall–Kier alpha value is -1.74. The smallest absolute Gasteiger partial charge is 0.129 e. The minimum absolute atomic E-state index is 0.161. The van der Waals surface area contributed by atoms with Gasteiger partial charge in [0.1, 0.15) is 11.6 Å². The Morgan fingerprint density at radius 2 is 1.71 bits per heavy atom. The van der Waals surface area contributed by atoms with Crippen molar-refractivity contribution in [2.45, 2.75) is 32.2 Å². The summed E-state index contributed by atoms with van der Waals surface area (Å²) in [5.41, 5.74) is 1.71. The number of benzene rings is 2. The summed E-state index contributed by atoms with van der Waals surface area (Å²) < 4.78 is 26.9. The molecule has 3 heteroatoms. The molecule has 1 N–H and O–H groups in total. The zero-order valence-electron chi connectivity index (χ0n) is 12.4. The molecule has 0 aliphatic heterocycles. The quantitative estimate of drug-likeness (QED) is 0.836. The standard InChI is InChI=1S/C18H21F2N/c1-13(2)21-12-16(14-6-4-3-5-7-14)10-15-8-9-17(19)11-18(15)20/h3-9,11,13,16,21H,10,12H2,1-2H3. The number of rotatable bonds is 6. The van der Waals surface area contributed by atoms with Gasteiger partial charge in [-0.3, -0.25) is 0 Å². The van der Waals surface area contributed by atoms with Gasteiger partial charge < -0.3 is 5.32 Å². The van der Waals surface area contributed by atoms with Gasteiger partial charge in [-0.1, -0.05) is 50.2 Å². The molecule has 2 rings (SSSR count). The van der Waals surface area contributed by atoms with Crippen LogP contribution in [0.5, 0.6) is 0 Å². The second-order valence-electron chi connectivity index (χ2n) is 5.61. The van der Waals surface area contributed by atoms with Crippen molar-refractivity contribution in [2.24, 2.45) is 0 Å². The summed E-state index contributed by atoms with van der Waals surface area (Å²) in [6.07, 6.45) is 0.551. The van der Waals surface area contributed by atoms with Crippen LogP contribution in [-0.4, -0.2) is 12.6 Å². The summed E-state index contributed by atoms with van der Waals surface area (Å²) in [6, 6.07) is 14.2. The average molecular weight is 289 g/mol. The van der Waals surface area contributed by atoms with E-state index in [1.54, 1.807) is 0 Å². The molecule has 0 spiro atoms. The van der Waals surface area contributed by atoms with Gasteiger partial charge in [-0.2, -0.15) is 0 Å². The highest BCUT2D eigenvalue weighted by atomic mass is 19.1. The first-order valence-corrected chi connectivity index (χ1v) is 7.28. The summed E-state index contributed by atoms with van der Waals surface area (Å²) in [5, 5.41) is 3.40. The van der Waals surface area contributed by atoms with E-state index in [9.17, 15) is 8.78 Å². The normalized spacial score (nSPS) is 12.6. The van der Waals surface area contributed by atoms with Gasteiger partial charge in [-0.25, -0.2) is 8.78 Å². The summed E-state index contributed by atoms with van der Waals surface area (Å²) in [7, 11) is 0. The Kier molecular flexibility index (Phi) is 5.45. The molecule has 0 aliphatic carbocycles. The number of hydrogen-bond acceptors (Lipinski definition) is 1. The fourth-order valence-corrected chi connectivity index (χ4v) is 2.36. The van der Waals surface area contributed by atoms with Crippen molar-refractivity contribution in [3.05, 3.63) is 71.3 Å². The van der Waals surface area contributed by atoms with Crippen LogP contribution in [0.1, 0.15) is 30.9 Å². The third-order valence-corrected chi connectivity index (χ3v) is 3.52. The number of hydrogen-bond donors (Lipinski definition) is 1. The molecule has 0 fully saturated rings. The molecule has 2 aromatic carbocycles. The maximum absolute atomic E-state index is 13.9. The Balaban J connectivity index is 2.19. The lowest BCUT2D eigenvalue weighted by atomic mass is 9.91. The summed E-state index contributed by atoms with van der Waals surface area (Å²) in [6.45, 7) is 4.93. The van der Waals surface area contributed by atoms with Crippen molar-refractivity contribution in [3.63, 3.8) is 0 Å². The van der Waals surface area contributed by atoms with Crippen LogP contribution in [-0.2, 0) is 6.42 Å². The molecule has 0 bridgehead atoms. The number of halogens is 2. The van der Waals surface area contributed by atoms with Crippen molar-refractivity contribution in [1.29, 1.82) is 0 Å². The third kappa shape index (κ3) is 4.64. The summed E-state index contributed by atoms with van der Waals surface area (Å²) in [4.78, 5) is 0. The topological polar surface area (TPSA) is 12.0 Å². The zero-order chi connectivity index (χ0) is 15.2. The lowest BCUT2D eigenvalue weighted by molar-refractivity contribution is 0.513. The Morgan fingerprint density at radius 1 is 1.00 bits per heavy atom. The van der Waals surface area contributed by atoms with E-state index in [0.717, 1.165) is 18.2 Å². The molecule has 1 nitrogen and oxygen atoms in total. The van der Waals surface area contributed by atoms with Crippen LogP contribution >= 0.6 is 0 Å². The second kappa shape index (κ2) is 7.32. The van der Waals surface area contributed by atoms with Crippen molar-refractivity contribution < 1.29 is 8.78 Å². The Morgan fingerprint density at radius 3 is 2.33 bits per heavy atom. The molecule has 0 saturated heterocycles. The van der Waals surface area contributed by atoms with Crippen LogP contribution in [0.25, 0.3) is 0 Å². The maximum Gasteiger partial charge on any atom is 0.129 e. The largest absolute Gasteiger partial charge is 0.314 e. The fourth-order valence-electron chi connectivity index (χ4n) is 2.36. The van der Waals surface area contributed by atoms with E-state index >= 15 is 0 Å². The molecule has 1 atom stereocenters. The van der Waals surface area contributed by atoms with Gasteiger partial charge in [0.25, 0.3) is 0 Å². The van der Waals surface area contributed by atoms with Crippen LogP contribution in [0.3, 0.4) is 0 Å². The predicted octanol–water partition coefficient (Wildman–Crippen LogP) is 4.29. The van der Waals surface area contributed by atoms with Gasteiger partial charge in [-0.15, -0.1) is 0 Å². The number of nitrogens with one attached hydrogen (secondary N) is 1. The first-order valence-electron chi connectivity index (χ1n) is 7.28. The van der Waals surface area contributed by atoms with Gasteiger partial charge in [0.2, 0.25) is 0 Å². The van der Waals surface area contributed by atoms with Crippen LogP contribution in [0.4, 0.5) is 8.78 Å². The van der Waals surface area contributed by atoms with Gasteiger partial charge in [0.05, 0.1) is 0 Å². The summed E-state index contributed by atoms with van der Waals surface area (Å²) >= 11 is 0. The summed E-state index contributed by atoms with van der Waals surface area (Å²) in [5.74, 6) is -0.846. The van der Waals surface area contributed by atoms with Crippen LogP contribution in [0.15, 0.2) is 48.5 Å². The molecule has 0 amide bonds. The van der Waals surface area contributed by atoms with Crippen molar-refractivity contribution in [2.75, 3.05) is 6.54 Å². The van der Waals surface area contributed by atoms with E-state index < -0.39 is 11.6 Å². The van der Waals surface area contributed by atoms with E-state index in [1.807, 2.05) is 30.3 Å². The molecule has 2 aromatic rings. The molecular formula is C18H21F2N. The van der Waals surface area contributed by atoms with E-state index in [2.05, 4.69) is 19.2 Å². The minimum Gasteiger partial charge on any atom is -0.314 e. The van der Waals surface area contributed by atoms with Gasteiger partial charge in [0.15, 0.2) is 0 Å². The lowest BCUT2D eigenvalue weighted by Gasteiger charge is -2.20. The van der Waals surface area contributed by atoms with E-state index in [0.29, 0.717) is 18.0 Å². The zero-order valence-corrected chi connectivity index (χ0v) is 12.4. The molecule has 0 aliphatic rings. The predicted molar refractivity (Wildman–Crippen MR) is 82.4 cm³/mol. The monoisotopic (exact) mass is 289 g/mol. The van der Waals surface area contributed by atoms with Crippen LogP contribution in [0, 0.1) is 11.6 Å². The van der Waals surface area contributed by atoms with E-state index in [-0.39, 0.29) is 5.92 Å². The maximum atomic E-state index is 13.9. The Labute approximate surface area is 125 Å².